The first-order chi connectivity index (χ1) is 10.8. The third-order valence-corrected chi connectivity index (χ3v) is 4.67. The summed E-state index contributed by atoms with van der Waals surface area (Å²) in [6.07, 6.45) is 0. The van der Waals surface area contributed by atoms with E-state index < -0.39 is 0 Å². The number of nitrogens with zero attached hydrogens (tertiary/aromatic N) is 1. The van der Waals surface area contributed by atoms with Crippen molar-refractivity contribution in [1.29, 1.82) is 0 Å². The van der Waals surface area contributed by atoms with Gasteiger partial charge in [-0.05, 0) is 36.2 Å². The van der Waals surface area contributed by atoms with Crippen molar-refractivity contribution in [3.8, 4) is 11.5 Å². The number of benzene rings is 2. The molecule has 0 aromatic heterocycles. The van der Waals surface area contributed by atoms with E-state index >= 15 is 0 Å². The molecule has 22 heavy (non-hydrogen) atoms. The van der Waals surface area contributed by atoms with Crippen LogP contribution in [0.5, 0.6) is 11.5 Å². The lowest BCUT2D eigenvalue weighted by Gasteiger charge is -2.13. The Morgan fingerprint density at radius 3 is 2.73 bits per heavy atom. The van der Waals surface area contributed by atoms with Crippen molar-refractivity contribution in [1.82, 2.24) is 0 Å². The standard InChI is InChI=1S/C18H19NO2S/c1-13-5-3-4-6-15(13)12-21-16-8-7-14(11-17(16)20-2)18-19-9-10-22-18/h3-8,11H,9-10,12H2,1-2H3. The zero-order chi connectivity index (χ0) is 15.4. The normalized spacial score (nSPS) is 13.8. The monoisotopic (exact) mass is 313 g/mol. The lowest BCUT2D eigenvalue weighted by Crippen LogP contribution is -2.01. The highest BCUT2D eigenvalue weighted by atomic mass is 32.2. The van der Waals surface area contributed by atoms with Crippen LogP contribution in [0.3, 0.4) is 0 Å². The smallest absolute Gasteiger partial charge is 0.161 e. The van der Waals surface area contributed by atoms with Crippen molar-refractivity contribution >= 4 is 16.8 Å². The van der Waals surface area contributed by atoms with Gasteiger partial charge in [-0.2, -0.15) is 0 Å². The average molecular weight is 313 g/mol. The van der Waals surface area contributed by atoms with E-state index in [0.29, 0.717) is 6.61 Å². The molecule has 0 saturated heterocycles. The molecule has 114 valence electrons. The van der Waals surface area contributed by atoms with Crippen LogP contribution in [0.25, 0.3) is 0 Å². The van der Waals surface area contributed by atoms with E-state index in [2.05, 4.69) is 24.0 Å². The molecule has 0 saturated carbocycles. The molecule has 0 fully saturated rings. The molecule has 2 aromatic carbocycles. The molecule has 0 spiro atoms. The van der Waals surface area contributed by atoms with E-state index in [9.17, 15) is 0 Å². The lowest BCUT2D eigenvalue weighted by atomic mass is 10.1. The quantitative estimate of drug-likeness (QED) is 0.833. The first-order valence-corrected chi connectivity index (χ1v) is 8.29. The van der Waals surface area contributed by atoms with Crippen LogP contribution in [-0.2, 0) is 6.61 Å². The summed E-state index contributed by atoms with van der Waals surface area (Å²) in [6, 6.07) is 14.3. The van der Waals surface area contributed by atoms with E-state index in [4.69, 9.17) is 9.47 Å². The minimum absolute atomic E-state index is 0.540. The predicted molar refractivity (Wildman–Crippen MR) is 92.4 cm³/mol. The van der Waals surface area contributed by atoms with Gasteiger partial charge in [-0.1, -0.05) is 24.3 Å². The van der Waals surface area contributed by atoms with Crippen LogP contribution in [-0.4, -0.2) is 24.5 Å². The predicted octanol–water partition coefficient (Wildman–Crippen LogP) is 4.08. The Bertz CT molecular complexity index is 697. The van der Waals surface area contributed by atoms with Gasteiger partial charge in [0.25, 0.3) is 0 Å². The van der Waals surface area contributed by atoms with E-state index in [0.717, 1.165) is 34.4 Å². The zero-order valence-electron chi connectivity index (χ0n) is 12.8. The molecule has 0 amide bonds. The topological polar surface area (TPSA) is 30.8 Å². The molecule has 1 heterocycles. The summed E-state index contributed by atoms with van der Waals surface area (Å²) in [7, 11) is 1.67. The van der Waals surface area contributed by atoms with Crippen molar-refractivity contribution in [3.63, 3.8) is 0 Å². The van der Waals surface area contributed by atoms with E-state index in [1.165, 1.54) is 11.1 Å². The van der Waals surface area contributed by atoms with E-state index in [-0.39, 0.29) is 0 Å². The lowest BCUT2D eigenvalue weighted by molar-refractivity contribution is 0.284. The molecule has 0 radical (unpaired) electrons. The second-order valence-electron chi connectivity index (χ2n) is 5.12. The van der Waals surface area contributed by atoms with Gasteiger partial charge in [0.05, 0.1) is 12.2 Å². The first kappa shape index (κ1) is 15.0. The van der Waals surface area contributed by atoms with Gasteiger partial charge < -0.3 is 9.47 Å². The number of methoxy groups -OCH3 is 1. The largest absolute Gasteiger partial charge is 0.493 e. The molecule has 1 aliphatic rings. The molecular weight excluding hydrogens is 294 g/mol. The van der Waals surface area contributed by atoms with Gasteiger partial charge in [-0.25, -0.2) is 0 Å². The Kier molecular flexibility index (Phi) is 4.68. The summed E-state index contributed by atoms with van der Waals surface area (Å²) in [5.41, 5.74) is 3.52. The van der Waals surface area contributed by atoms with Gasteiger partial charge in [0.2, 0.25) is 0 Å². The molecule has 0 atom stereocenters. The van der Waals surface area contributed by atoms with Gasteiger partial charge in [-0.3, -0.25) is 4.99 Å². The Labute approximate surface area is 135 Å². The summed E-state index contributed by atoms with van der Waals surface area (Å²) in [5, 5.41) is 1.09. The molecule has 4 heteroatoms. The van der Waals surface area contributed by atoms with Crippen molar-refractivity contribution in [3.05, 3.63) is 59.2 Å². The van der Waals surface area contributed by atoms with Crippen LogP contribution in [0.4, 0.5) is 0 Å². The number of ether oxygens (including phenoxy) is 2. The summed E-state index contributed by atoms with van der Waals surface area (Å²) >= 11 is 1.79. The number of rotatable bonds is 5. The zero-order valence-corrected chi connectivity index (χ0v) is 13.7. The van der Waals surface area contributed by atoms with Crippen LogP contribution in [0, 0.1) is 6.92 Å². The second kappa shape index (κ2) is 6.88. The fourth-order valence-corrected chi connectivity index (χ4v) is 3.21. The van der Waals surface area contributed by atoms with Crippen molar-refractivity contribution in [2.75, 3.05) is 19.4 Å². The van der Waals surface area contributed by atoms with Crippen LogP contribution in [0.15, 0.2) is 47.5 Å². The minimum Gasteiger partial charge on any atom is -0.493 e. The van der Waals surface area contributed by atoms with Gasteiger partial charge in [0.15, 0.2) is 11.5 Å². The van der Waals surface area contributed by atoms with Crippen LogP contribution in [0.2, 0.25) is 0 Å². The van der Waals surface area contributed by atoms with Gasteiger partial charge in [0.1, 0.15) is 6.61 Å². The van der Waals surface area contributed by atoms with E-state index in [1.807, 2.05) is 30.3 Å². The highest BCUT2D eigenvalue weighted by molar-refractivity contribution is 8.14. The van der Waals surface area contributed by atoms with Crippen molar-refractivity contribution in [2.24, 2.45) is 4.99 Å². The fourth-order valence-electron chi connectivity index (χ4n) is 2.36. The van der Waals surface area contributed by atoms with Crippen molar-refractivity contribution < 1.29 is 9.47 Å². The summed E-state index contributed by atoms with van der Waals surface area (Å²) in [6.45, 7) is 3.53. The number of hydrogen-bond donors (Lipinski definition) is 0. The maximum absolute atomic E-state index is 5.94. The minimum atomic E-state index is 0.540. The van der Waals surface area contributed by atoms with Crippen LogP contribution < -0.4 is 9.47 Å². The van der Waals surface area contributed by atoms with Gasteiger partial charge >= 0.3 is 0 Å². The Hall–Kier alpha value is -1.94. The Balaban J connectivity index is 1.77. The molecule has 1 aliphatic heterocycles. The molecule has 3 rings (SSSR count). The molecule has 3 nitrogen and oxygen atoms in total. The summed E-state index contributed by atoms with van der Waals surface area (Å²) in [5.74, 6) is 2.57. The molecule has 0 N–H and O–H groups in total. The average Bonchev–Trinajstić information content (AvgIpc) is 3.08. The Morgan fingerprint density at radius 1 is 1.14 bits per heavy atom. The third-order valence-electron chi connectivity index (χ3n) is 3.64. The summed E-state index contributed by atoms with van der Waals surface area (Å²) in [4.78, 5) is 4.50. The van der Waals surface area contributed by atoms with Gasteiger partial charge in [-0.15, -0.1) is 11.8 Å². The first-order valence-electron chi connectivity index (χ1n) is 7.31. The Morgan fingerprint density at radius 2 is 2.00 bits per heavy atom. The highest BCUT2D eigenvalue weighted by Gasteiger charge is 2.13. The third kappa shape index (κ3) is 3.28. The highest BCUT2D eigenvalue weighted by Crippen LogP contribution is 2.31. The second-order valence-corrected chi connectivity index (χ2v) is 6.20. The number of aryl methyl sites for hydroxylation is 1. The van der Waals surface area contributed by atoms with Gasteiger partial charge in [0, 0.05) is 17.9 Å². The summed E-state index contributed by atoms with van der Waals surface area (Å²) < 4.78 is 11.4. The fraction of sp³-hybridized carbons (Fsp3) is 0.278. The molecular formula is C18H19NO2S. The maximum atomic E-state index is 5.94. The molecule has 0 bridgehead atoms. The molecule has 0 unspecified atom stereocenters. The maximum Gasteiger partial charge on any atom is 0.161 e. The van der Waals surface area contributed by atoms with E-state index in [1.54, 1.807) is 18.9 Å². The SMILES string of the molecule is COc1cc(C2=NCCS2)ccc1OCc1ccccc1C. The number of hydrogen-bond acceptors (Lipinski definition) is 4. The number of aliphatic imine (C=N–C) groups is 1. The molecule has 0 aliphatic carbocycles. The molecule has 2 aromatic rings. The number of thioether (sulfide) groups is 1. The van der Waals surface area contributed by atoms with Crippen LogP contribution in [0.1, 0.15) is 16.7 Å². The van der Waals surface area contributed by atoms with Crippen molar-refractivity contribution in [2.45, 2.75) is 13.5 Å². The van der Waals surface area contributed by atoms with Crippen LogP contribution >= 0.6 is 11.8 Å².